The number of imide groups is 1. The van der Waals surface area contributed by atoms with Crippen LogP contribution in [0.4, 0.5) is 0 Å². The van der Waals surface area contributed by atoms with Crippen LogP contribution in [-0.2, 0) is 14.4 Å². The van der Waals surface area contributed by atoms with Crippen molar-refractivity contribution in [3.05, 3.63) is 0 Å². The summed E-state index contributed by atoms with van der Waals surface area (Å²) in [5.41, 5.74) is 0. The van der Waals surface area contributed by atoms with Gasteiger partial charge in [-0.15, -0.1) is 0 Å². The molecule has 20 heavy (non-hydrogen) atoms. The van der Waals surface area contributed by atoms with Crippen LogP contribution in [0.2, 0.25) is 0 Å². The molecule has 0 bridgehead atoms. The van der Waals surface area contributed by atoms with Crippen molar-refractivity contribution < 1.29 is 19.5 Å². The molecule has 0 spiro atoms. The number of carboxylic acids is 1. The third-order valence-corrected chi connectivity index (χ3v) is 4.79. The number of carboxylic acid groups (broad SMARTS) is 1. The first-order valence-electron chi connectivity index (χ1n) is 7.57. The molecule has 1 aliphatic heterocycles. The summed E-state index contributed by atoms with van der Waals surface area (Å²) in [7, 11) is 0. The van der Waals surface area contributed by atoms with Crippen molar-refractivity contribution in [3.8, 4) is 0 Å². The summed E-state index contributed by atoms with van der Waals surface area (Å²) >= 11 is 0. The van der Waals surface area contributed by atoms with Crippen LogP contribution in [0.25, 0.3) is 0 Å². The molecule has 0 aromatic carbocycles. The van der Waals surface area contributed by atoms with Crippen molar-refractivity contribution in [2.75, 3.05) is 6.54 Å². The van der Waals surface area contributed by atoms with E-state index in [1.807, 2.05) is 6.92 Å². The van der Waals surface area contributed by atoms with Gasteiger partial charge >= 0.3 is 5.97 Å². The highest BCUT2D eigenvalue weighted by molar-refractivity contribution is 6.05. The second kappa shape index (κ2) is 5.94. The molecule has 0 radical (unpaired) electrons. The van der Waals surface area contributed by atoms with Gasteiger partial charge in [-0.3, -0.25) is 19.3 Å². The minimum absolute atomic E-state index is 0.0463. The predicted molar refractivity (Wildman–Crippen MR) is 72.7 cm³/mol. The van der Waals surface area contributed by atoms with Gasteiger partial charge < -0.3 is 5.11 Å². The van der Waals surface area contributed by atoms with Crippen LogP contribution in [0.5, 0.6) is 0 Å². The molecule has 0 aromatic heterocycles. The monoisotopic (exact) mass is 281 g/mol. The van der Waals surface area contributed by atoms with E-state index in [1.54, 1.807) is 0 Å². The molecule has 2 rings (SSSR count). The molecular formula is C15H23NO4. The number of likely N-dealkylation sites (tertiary alicyclic amines) is 1. The minimum Gasteiger partial charge on any atom is -0.481 e. The van der Waals surface area contributed by atoms with Crippen molar-refractivity contribution in [1.82, 2.24) is 4.90 Å². The number of rotatable bonds is 6. The van der Waals surface area contributed by atoms with Gasteiger partial charge in [-0.2, -0.15) is 0 Å². The number of carbonyl (C=O) groups is 3. The second-order valence-corrected chi connectivity index (χ2v) is 6.07. The number of hydrogen-bond acceptors (Lipinski definition) is 3. The quantitative estimate of drug-likeness (QED) is 0.755. The average molecular weight is 281 g/mol. The summed E-state index contributed by atoms with van der Waals surface area (Å²) in [6, 6.07) is 0. The van der Waals surface area contributed by atoms with E-state index in [9.17, 15) is 19.5 Å². The first-order valence-corrected chi connectivity index (χ1v) is 7.57. The molecule has 2 fully saturated rings. The molecule has 1 aliphatic carbocycles. The maximum absolute atomic E-state index is 12.3. The van der Waals surface area contributed by atoms with Gasteiger partial charge in [-0.05, 0) is 25.2 Å². The summed E-state index contributed by atoms with van der Waals surface area (Å²) in [4.78, 5) is 37.1. The van der Waals surface area contributed by atoms with Gasteiger partial charge in [0.25, 0.3) is 0 Å². The van der Waals surface area contributed by atoms with E-state index < -0.39 is 11.9 Å². The fourth-order valence-corrected chi connectivity index (χ4v) is 3.57. The van der Waals surface area contributed by atoms with E-state index in [2.05, 4.69) is 6.92 Å². The molecule has 5 nitrogen and oxygen atoms in total. The Balaban J connectivity index is 2.06. The fraction of sp³-hybridized carbons (Fsp3) is 0.800. The zero-order valence-corrected chi connectivity index (χ0v) is 12.2. The largest absolute Gasteiger partial charge is 0.481 e. The average Bonchev–Trinajstić information content (AvgIpc) is 2.93. The molecule has 3 atom stereocenters. The third-order valence-electron chi connectivity index (χ3n) is 4.79. The minimum atomic E-state index is -0.920. The van der Waals surface area contributed by atoms with Gasteiger partial charge in [0.05, 0.1) is 17.8 Å². The van der Waals surface area contributed by atoms with Gasteiger partial charge in [0.2, 0.25) is 11.8 Å². The van der Waals surface area contributed by atoms with E-state index in [0.717, 1.165) is 25.7 Å². The Morgan fingerprint density at radius 1 is 1.25 bits per heavy atom. The number of carbonyl (C=O) groups excluding carboxylic acids is 2. The standard InChI is InChI=1S/C15H23NO4/c1-3-5-10(15(19)20)8-16-13(17)11-6-9(4-2)7-12(11)14(16)18/h9-12H,3-8H2,1-2H3,(H,19,20). The molecule has 3 unspecified atom stereocenters. The lowest BCUT2D eigenvalue weighted by molar-refractivity contribution is -0.146. The highest BCUT2D eigenvalue weighted by atomic mass is 16.4. The molecule has 2 aliphatic rings. The number of amides is 2. The third kappa shape index (κ3) is 2.58. The number of fused-ring (bicyclic) bond motifs is 1. The zero-order chi connectivity index (χ0) is 14.9. The van der Waals surface area contributed by atoms with Gasteiger partial charge in [0.1, 0.15) is 0 Å². The molecule has 1 N–H and O–H groups in total. The van der Waals surface area contributed by atoms with E-state index in [4.69, 9.17) is 0 Å². The summed E-state index contributed by atoms with van der Waals surface area (Å²) in [6.07, 6.45) is 3.81. The Morgan fingerprint density at radius 2 is 1.80 bits per heavy atom. The number of nitrogens with zero attached hydrogens (tertiary/aromatic N) is 1. The van der Waals surface area contributed by atoms with Crippen LogP contribution in [0.3, 0.4) is 0 Å². The van der Waals surface area contributed by atoms with Crippen molar-refractivity contribution in [1.29, 1.82) is 0 Å². The Hall–Kier alpha value is -1.39. The summed E-state index contributed by atoms with van der Waals surface area (Å²) in [5.74, 6) is -1.75. The molecule has 1 saturated heterocycles. The molecule has 0 aromatic rings. The van der Waals surface area contributed by atoms with E-state index in [0.29, 0.717) is 12.3 Å². The Bertz CT molecular complexity index is 396. The maximum Gasteiger partial charge on any atom is 0.308 e. The first kappa shape index (κ1) is 15.0. The lowest BCUT2D eigenvalue weighted by Gasteiger charge is -2.21. The van der Waals surface area contributed by atoms with E-state index in [1.165, 1.54) is 4.90 Å². The van der Waals surface area contributed by atoms with Gasteiger partial charge in [0.15, 0.2) is 0 Å². The Kier molecular flexibility index (Phi) is 4.45. The smallest absolute Gasteiger partial charge is 0.308 e. The number of hydrogen-bond donors (Lipinski definition) is 1. The van der Waals surface area contributed by atoms with Crippen molar-refractivity contribution in [3.63, 3.8) is 0 Å². The molecule has 112 valence electrons. The van der Waals surface area contributed by atoms with Gasteiger partial charge in [0, 0.05) is 6.54 Å². The molecule has 1 saturated carbocycles. The zero-order valence-electron chi connectivity index (χ0n) is 12.2. The molecular weight excluding hydrogens is 258 g/mol. The van der Waals surface area contributed by atoms with Crippen LogP contribution in [0, 0.1) is 23.7 Å². The SMILES string of the molecule is CCCC(CN1C(=O)C2CC(CC)CC2C1=O)C(=O)O. The van der Waals surface area contributed by atoms with Crippen LogP contribution in [0.1, 0.15) is 46.0 Å². The summed E-state index contributed by atoms with van der Waals surface area (Å²) in [5, 5.41) is 9.17. The lowest BCUT2D eigenvalue weighted by atomic mass is 10.00. The van der Waals surface area contributed by atoms with E-state index >= 15 is 0 Å². The predicted octanol–water partition coefficient (Wildman–Crippen LogP) is 1.91. The van der Waals surface area contributed by atoms with Crippen LogP contribution >= 0.6 is 0 Å². The van der Waals surface area contributed by atoms with Crippen LogP contribution in [-0.4, -0.2) is 34.3 Å². The number of aliphatic carboxylic acids is 1. The fourth-order valence-electron chi connectivity index (χ4n) is 3.57. The van der Waals surface area contributed by atoms with E-state index in [-0.39, 0.29) is 30.2 Å². The highest BCUT2D eigenvalue weighted by Gasteiger charge is 2.52. The lowest BCUT2D eigenvalue weighted by Crippen LogP contribution is -2.38. The van der Waals surface area contributed by atoms with Gasteiger partial charge in [-0.1, -0.05) is 26.7 Å². The van der Waals surface area contributed by atoms with Crippen molar-refractivity contribution >= 4 is 17.8 Å². The summed E-state index contributed by atoms with van der Waals surface area (Å²) in [6.45, 7) is 4.04. The molecule has 5 heteroatoms. The maximum atomic E-state index is 12.3. The van der Waals surface area contributed by atoms with Crippen LogP contribution in [0.15, 0.2) is 0 Å². The Labute approximate surface area is 119 Å². The highest BCUT2D eigenvalue weighted by Crippen LogP contribution is 2.44. The first-order chi connectivity index (χ1) is 9.49. The second-order valence-electron chi connectivity index (χ2n) is 6.07. The summed E-state index contributed by atoms with van der Waals surface area (Å²) < 4.78 is 0. The molecule has 2 amide bonds. The van der Waals surface area contributed by atoms with Crippen LogP contribution < -0.4 is 0 Å². The van der Waals surface area contributed by atoms with Gasteiger partial charge in [-0.25, -0.2) is 0 Å². The van der Waals surface area contributed by atoms with Crippen molar-refractivity contribution in [2.24, 2.45) is 23.7 Å². The van der Waals surface area contributed by atoms with Crippen molar-refractivity contribution in [2.45, 2.75) is 46.0 Å². The Morgan fingerprint density at radius 3 is 2.20 bits per heavy atom. The molecule has 1 heterocycles. The topological polar surface area (TPSA) is 74.7 Å². The normalized spacial score (nSPS) is 30.7.